The molecule has 222 valence electrons. The maximum atomic E-state index is 14.9. The molecule has 0 spiro atoms. The van der Waals surface area contributed by atoms with Gasteiger partial charge in [-0.3, -0.25) is 9.59 Å². The number of aliphatic hydroxyl groups excluding tert-OH is 1. The van der Waals surface area contributed by atoms with E-state index in [1.807, 2.05) is 4.90 Å². The number of hydrogen-bond acceptors (Lipinski definition) is 6. The fourth-order valence-corrected chi connectivity index (χ4v) is 6.04. The van der Waals surface area contributed by atoms with Crippen molar-refractivity contribution >= 4 is 11.8 Å². The number of amides is 2. The number of aromatic nitrogens is 1. The molecule has 41 heavy (non-hydrogen) atoms. The molecule has 2 amide bonds. The second-order valence-electron chi connectivity index (χ2n) is 11.5. The molecule has 0 unspecified atom stereocenters. The van der Waals surface area contributed by atoms with Crippen LogP contribution in [0.2, 0.25) is 0 Å². The van der Waals surface area contributed by atoms with E-state index in [4.69, 9.17) is 10.5 Å². The van der Waals surface area contributed by atoms with Crippen molar-refractivity contribution in [1.29, 1.82) is 0 Å². The Hall–Kier alpha value is -3.25. The zero-order valence-electron chi connectivity index (χ0n) is 22.6. The molecule has 12 heteroatoms. The van der Waals surface area contributed by atoms with Crippen LogP contribution in [-0.2, 0) is 4.79 Å². The van der Waals surface area contributed by atoms with Crippen LogP contribution in [-0.4, -0.2) is 82.8 Å². The molecule has 1 aromatic heterocycles. The zero-order valence-corrected chi connectivity index (χ0v) is 22.6. The summed E-state index contributed by atoms with van der Waals surface area (Å²) in [6.07, 6.45) is -0.915. The summed E-state index contributed by atoms with van der Waals surface area (Å²) < 4.78 is 61.3. The van der Waals surface area contributed by atoms with Gasteiger partial charge in [0.2, 0.25) is 11.8 Å². The molecule has 3 heterocycles. The highest BCUT2D eigenvalue weighted by Gasteiger charge is 2.58. The van der Waals surface area contributed by atoms with Gasteiger partial charge in [-0.05, 0) is 68.5 Å². The van der Waals surface area contributed by atoms with E-state index in [-0.39, 0.29) is 43.8 Å². The fourth-order valence-electron chi connectivity index (χ4n) is 6.04. The molecule has 5 rings (SSSR count). The number of alkyl halides is 3. The Balaban J connectivity index is 1.13. The molecule has 0 bridgehead atoms. The van der Waals surface area contributed by atoms with E-state index in [1.165, 1.54) is 18.3 Å². The SMILES string of the molecule is NC(=O)[C@@H]1C[C@@H](O)CN1C(=O)c1ccc(-c2ccc(OCC3CCN(CC4(C(F)(F)F)CCC4)CC3)nc2)cc1F. The Labute approximate surface area is 235 Å². The van der Waals surface area contributed by atoms with E-state index >= 15 is 0 Å². The number of halogens is 4. The minimum atomic E-state index is -4.15. The molecule has 2 saturated heterocycles. The zero-order chi connectivity index (χ0) is 29.4. The topological polar surface area (TPSA) is 109 Å². The molecule has 8 nitrogen and oxygen atoms in total. The molecule has 3 N–H and O–H groups in total. The Bertz CT molecular complexity index is 1260. The van der Waals surface area contributed by atoms with Gasteiger partial charge in [0.05, 0.1) is 23.7 Å². The number of β-amino-alcohol motifs (C(OH)–C–C–N with tert-alkyl or cyclic N) is 1. The van der Waals surface area contributed by atoms with Crippen LogP contribution < -0.4 is 10.5 Å². The molecule has 3 aliphatic rings. The Morgan fingerprint density at radius 2 is 1.83 bits per heavy atom. The first-order valence-corrected chi connectivity index (χ1v) is 13.9. The molecular formula is C29H34F4N4O4. The minimum absolute atomic E-state index is 0.0165. The number of nitrogens with two attached hydrogens (primary N) is 1. The van der Waals surface area contributed by atoms with Crippen LogP contribution in [0.5, 0.6) is 5.88 Å². The van der Waals surface area contributed by atoms with Gasteiger partial charge in [-0.2, -0.15) is 13.2 Å². The van der Waals surface area contributed by atoms with E-state index in [0.29, 0.717) is 43.1 Å². The van der Waals surface area contributed by atoms with Crippen molar-refractivity contribution in [1.82, 2.24) is 14.8 Å². The van der Waals surface area contributed by atoms with E-state index < -0.39 is 41.4 Å². The minimum Gasteiger partial charge on any atom is -0.477 e. The van der Waals surface area contributed by atoms with Crippen molar-refractivity contribution < 1.29 is 37.0 Å². The number of carbonyl (C=O) groups is 2. The lowest BCUT2D eigenvalue weighted by atomic mass is 9.67. The maximum Gasteiger partial charge on any atom is 0.395 e. The molecule has 2 atom stereocenters. The van der Waals surface area contributed by atoms with Crippen LogP contribution in [0.4, 0.5) is 17.6 Å². The number of likely N-dealkylation sites (tertiary alicyclic amines) is 2. The van der Waals surface area contributed by atoms with Crippen LogP contribution in [0.3, 0.4) is 0 Å². The second kappa shape index (κ2) is 11.6. The average Bonchev–Trinajstić information content (AvgIpc) is 3.31. The van der Waals surface area contributed by atoms with Gasteiger partial charge >= 0.3 is 6.18 Å². The first-order valence-electron chi connectivity index (χ1n) is 13.9. The third kappa shape index (κ3) is 6.18. The van der Waals surface area contributed by atoms with E-state index in [2.05, 4.69) is 4.98 Å². The van der Waals surface area contributed by atoms with E-state index in [9.17, 15) is 32.3 Å². The van der Waals surface area contributed by atoms with Gasteiger partial charge < -0.3 is 25.4 Å². The lowest BCUT2D eigenvalue weighted by Crippen LogP contribution is -2.53. The highest BCUT2D eigenvalue weighted by Crippen LogP contribution is 2.53. The van der Waals surface area contributed by atoms with Crippen molar-refractivity contribution in [3.05, 3.63) is 47.9 Å². The number of carbonyl (C=O) groups excluding carboxylic acids is 2. The van der Waals surface area contributed by atoms with Gasteiger partial charge in [0, 0.05) is 37.3 Å². The third-order valence-electron chi connectivity index (χ3n) is 8.75. The summed E-state index contributed by atoms with van der Waals surface area (Å²) >= 11 is 0. The van der Waals surface area contributed by atoms with Gasteiger partial charge in [0.25, 0.3) is 5.91 Å². The van der Waals surface area contributed by atoms with E-state index in [1.54, 1.807) is 18.2 Å². The highest BCUT2D eigenvalue weighted by atomic mass is 19.4. The highest BCUT2D eigenvalue weighted by molar-refractivity contribution is 5.98. The molecule has 2 aliphatic heterocycles. The van der Waals surface area contributed by atoms with Crippen LogP contribution in [0.25, 0.3) is 11.1 Å². The Morgan fingerprint density at radius 3 is 2.39 bits per heavy atom. The molecule has 0 radical (unpaired) electrons. The average molecular weight is 579 g/mol. The van der Waals surface area contributed by atoms with Crippen molar-refractivity contribution in [2.45, 2.75) is 56.8 Å². The van der Waals surface area contributed by atoms with Crippen LogP contribution in [0.15, 0.2) is 36.5 Å². The van der Waals surface area contributed by atoms with Crippen LogP contribution in [0.1, 0.15) is 48.9 Å². The molecule has 1 aromatic carbocycles. The Morgan fingerprint density at radius 1 is 1.12 bits per heavy atom. The number of nitrogens with zero attached hydrogens (tertiary/aromatic N) is 3. The second-order valence-corrected chi connectivity index (χ2v) is 11.5. The summed E-state index contributed by atoms with van der Waals surface area (Å²) in [7, 11) is 0. The number of primary amides is 1. The van der Waals surface area contributed by atoms with Gasteiger partial charge in [-0.15, -0.1) is 0 Å². The van der Waals surface area contributed by atoms with Gasteiger partial charge in [0.15, 0.2) is 0 Å². The quantitative estimate of drug-likeness (QED) is 0.462. The molecule has 3 fully saturated rings. The van der Waals surface area contributed by atoms with Crippen molar-refractivity contribution in [3.8, 4) is 17.0 Å². The molecular weight excluding hydrogens is 544 g/mol. The van der Waals surface area contributed by atoms with E-state index in [0.717, 1.165) is 17.7 Å². The van der Waals surface area contributed by atoms with Gasteiger partial charge in [-0.1, -0.05) is 12.5 Å². The van der Waals surface area contributed by atoms with Crippen molar-refractivity contribution in [3.63, 3.8) is 0 Å². The van der Waals surface area contributed by atoms with Crippen LogP contribution >= 0.6 is 0 Å². The summed E-state index contributed by atoms with van der Waals surface area (Å²) in [5.74, 6) is -1.64. The summed E-state index contributed by atoms with van der Waals surface area (Å²) in [5.41, 5.74) is 4.66. The normalized spacial score (nSPS) is 23.3. The van der Waals surface area contributed by atoms with Gasteiger partial charge in [0.1, 0.15) is 11.9 Å². The first kappa shape index (κ1) is 29.2. The smallest absolute Gasteiger partial charge is 0.395 e. The number of benzene rings is 1. The third-order valence-corrected chi connectivity index (χ3v) is 8.75. The largest absolute Gasteiger partial charge is 0.477 e. The fraction of sp³-hybridized carbons (Fsp3) is 0.552. The maximum absolute atomic E-state index is 14.9. The van der Waals surface area contributed by atoms with Crippen LogP contribution in [0, 0.1) is 17.2 Å². The summed E-state index contributed by atoms with van der Waals surface area (Å²) in [6, 6.07) is 6.49. The summed E-state index contributed by atoms with van der Waals surface area (Å²) in [6.45, 7) is 1.62. The lowest BCUT2D eigenvalue weighted by Gasteiger charge is -2.47. The van der Waals surface area contributed by atoms with Gasteiger partial charge in [-0.25, -0.2) is 9.37 Å². The number of piperidine rings is 1. The Kier molecular flexibility index (Phi) is 8.24. The number of ether oxygens (including phenoxy) is 1. The molecule has 1 aliphatic carbocycles. The first-order chi connectivity index (χ1) is 19.5. The number of rotatable bonds is 8. The standard InChI is InChI=1S/C29H34F4N4O4/c30-23-12-19(2-4-22(23)27(40)37-15-21(38)13-24(37)26(34)39)20-3-5-25(35-14-20)41-16-18-6-10-36(11-7-18)17-28(8-1-9-28)29(31,32)33/h2-5,12,14,18,21,24,38H,1,6-11,13,15-17H2,(H2,34,39)/t21-,24+/m1/s1. The molecule has 1 saturated carbocycles. The number of hydrogen-bond donors (Lipinski definition) is 2. The summed E-state index contributed by atoms with van der Waals surface area (Å²) in [5, 5.41) is 9.84. The number of pyridine rings is 1. The monoisotopic (exact) mass is 578 g/mol. The van der Waals surface area contributed by atoms with Crippen molar-refractivity contribution in [2.75, 3.05) is 32.8 Å². The lowest BCUT2D eigenvalue weighted by molar-refractivity contribution is -0.256. The predicted octanol–water partition coefficient (Wildman–Crippen LogP) is 3.77. The number of aliphatic hydroxyl groups is 1. The predicted molar refractivity (Wildman–Crippen MR) is 141 cm³/mol. The summed E-state index contributed by atoms with van der Waals surface area (Å²) in [4.78, 5) is 31.8. The molecule has 2 aromatic rings. The van der Waals surface area contributed by atoms with Crippen molar-refractivity contribution in [2.24, 2.45) is 17.1 Å².